The monoisotopic (exact) mass is 525 g/mol. The number of rotatable bonds is 6. The van der Waals surface area contributed by atoms with Crippen molar-refractivity contribution in [3.8, 4) is 0 Å². The molecule has 1 aromatic heterocycles. The zero-order valence-corrected chi connectivity index (χ0v) is 25.6. The maximum atomic E-state index is 17.3. The highest BCUT2D eigenvalue weighted by atomic mass is 35.5. The van der Waals surface area contributed by atoms with Gasteiger partial charge in [0, 0.05) is 17.5 Å². The summed E-state index contributed by atoms with van der Waals surface area (Å²) in [5.41, 5.74) is 0.606. The van der Waals surface area contributed by atoms with Crippen LogP contribution in [0.3, 0.4) is 0 Å². The van der Waals surface area contributed by atoms with Gasteiger partial charge in [-0.25, -0.2) is 8.78 Å². The van der Waals surface area contributed by atoms with Crippen LogP contribution in [0, 0.1) is 5.82 Å². The first-order chi connectivity index (χ1) is 17.0. The average molecular weight is 524 g/mol. The normalized spacial score (nSPS) is 19.1. The minimum absolute atomic E-state index is 0.00676. The largest absolute Gasteiger partial charge is 0.359 e. The summed E-state index contributed by atoms with van der Waals surface area (Å²) >= 11 is 5.97. The van der Waals surface area contributed by atoms with E-state index in [9.17, 15) is 9.18 Å². The fourth-order valence-electron chi connectivity index (χ4n) is 6.33. The molecule has 1 N–H and O–H groups in total. The van der Waals surface area contributed by atoms with Crippen molar-refractivity contribution in [3.05, 3.63) is 64.2 Å². The zero-order chi connectivity index (χ0) is 29.1. The van der Waals surface area contributed by atoms with Crippen LogP contribution in [0.2, 0.25) is 5.02 Å². The number of piperidine rings is 1. The van der Waals surface area contributed by atoms with Gasteiger partial charge < -0.3 is 10.2 Å². The summed E-state index contributed by atoms with van der Waals surface area (Å²) < 4.78 is 31.0. The van der Waals surface area contributed by atoms with E-state index in [1.54, 1.807) is 4.90 Å². The maximum Gasteiger partial charge on any atom is 0.252 e. The minimum atomic E-state index is -1.65. The van der Waals surface area contributed by atoms with Gasteiger partial charge in [-0.1, -0.05) is 22.8 Å². The van der Waals surface area contributed by atoms with Gasteiger partial charge >= 0.3 is 0 Å². The molecule has 1 aliphatic rings. The number of pyridine rings is 1. The van der Waals surface area contributed by atoms with E-state index in [-0.39, 0.29) is 34.4 Å². The topological polar surface area (TPSA) is 45.2 Å². The Morgan fingerprint density at radius 3 is 1.97 bits per heavy atom. The van der Waals surface area contributed by atoms with Crippen LogP contribution in [-0.2, 0) is 10.5 Å². The Labute approximate surface area is 241 Å². The van der Waals surface area contributed by atoms with Gasteiger partial charge in [-0.2, -0.15) is 0 Å². The molecular formula is C20H33B11ClF2N3O. The number of likely N-dealkylation sites (tertiary alicyclic amines) is 1. The number of nitrogens with one attached hydrogen (secondary N) is 1. The quantitative estimate of drug-likeness (QED) is 0.383. The van der Waals surface area contributed by atoms with Gasteiger partial charge in [0.1, 0.15) is 74.3 Å². The summed E-state index contributed by atoms with van der Waals surface area (Å²) in [7, 11) is 21.8. The van der Waals surface area contributed by atoms with Crippen LogP contribution in [0.25, 0.3) is 0 Å². The predicted octanol–water partition coefficient (Wildman–Crippen LogP) is -7.75. The van der Waals surface area contributed by atoms with Crippen molar-refractivity contribution in [2.24, 2.45) is 0 Å². The first kappa shape index (κ1) is 31.2. The lowest BCUT2D eigenvalue weighted by molar-refractivity contribution is -0.0112. The van der Waals surface area contributed by atoms with Crippen molar-refractivity contribution in [2.45, 2.75) is 45.0 Å². The van der Waals surface area contributed by atoms with Crippen molar-refractivity contribution in [1.82, 2.24) is 15.2 Å². The third kappa shape index (κ3) is 6.04. The molecule has 0 spiro atoms. The Kier molecular flexibility index (Phi) is 8.16. The first-order valence-electron chi connectivity index (χ1n) is 13.3. The Bertz CT molecular complexity index is 1210. The van der Waals surface area contributed by atoms with Crippen LogP contribution in [-0.4, -0.2) is 124 Å². The molecule has 1 amide bonds. The highest BCUT2D eigenvalue weighted by Gasteiger charge is 2.59. The lowest BCUT2D eigenvalue weighted by Crippen LogP contribution is -2.78. The summed E-state index contributed by atoms with van der Waals surface area (Å²) in [6.45, 7) is 0. The van der Waals surface area contributed by atoms with Gasteiger partial charge in [0.25, 0.3) is 5.91 Å². The standard InChI is InChI=1S/C20H33B11ClF2N3O/c21-16(22)7-15(34,8-17(23,24)37(16)14(38)9-1-3-12(33)11(32)5-9)20(30,31)36-19(28,29)13-4-2-10(6-35-13)18(25,26)27/h1-6,36H,7-8,21-31H2. The van der Waals surface area contributed by atoms with Gasteiger partial charge in [-0.15, -0.1) is 0 Å². The van der Waals surface area contributed by atoms with E-state index in [0.717, 1.165) is 11.3 Å². The molecule has 0 aliphatic carbocycles. The second-order valence-corrected chi connectivity index (χ2v) is 14.7. The number of hydrogen-bond donors (Lipinski definition) is 1. The summed E-state index contributed by atoms with van der Waals surface area (Å²) in [6, 6.07) is 8.06. The second kappa shape index (κ2) is 9.94. The van der Waals surface area contributed by atoms with E-state index in [2.05, 4.69) is 34.9 Å². The molecule has 188 valence electrons. The molecule has 0 unspecified atom stereocenters. The predicted molar refractivity (Wildman–Crippen MR) is 184 cm³/mol. The minimum Gasteiger partial charge on any atom is -0.359 e. The third-order valence-corrected chi connectivity index (χ3v) is 8.31. The van der Waals surface area contributed by atoms with Crippen LogP contribution in [0.1, 0.15) is 34.5 Å². The third-order valence-electron chi connectivity index (χ3n) is 8.02. The Hall–Kier alpha value is -1.34. The molecule has 3 rings (SSSR count). The number of halogens is 3. The average Bonchev–Trinajstić information content (AvgIpc) is 2.72. The van der Waals surface area contributed by atoms with Gasteiger partial charge in [-0.05, 0) is 64.0 Å². The molecule has 2 heterocycles. The molecule has 0 bridgehead atoms. The Morgan fingerprint density at radius 1 is 0.974 bits per heavy atom. The van der Waals surface area contributed by atoms with Crippen LogP contribution < -0.4 is 5.32 Å². The number of amides is 1. The van der Waals surface area contributed by atoms with E-state index in [1.165, 1.54) is 18.2 Å². The van der Waals surface area contributed by atoms with Crippen molar-refractivity contribution >= 4 is 104 Å². The van der Waals surface area contributed by atoms with Gasteiger partial charge in [0.15, 0.2) is 0 Å². The molecule has 1 aliphatic heterocycles. The molecule has 1 aromatic carbocycles. The number of carbonyl (C=O) groups is 1. The zero-order valence-electron chi connectivity index (χ0n) is 24.8. The van der Waals surface area contributed by atoms with Crippen molar-refractivity contribution < 1.29 is 13.6 Å². The number of hydrogen-bond acceptors (Lipinski definition) is 3. The highest BCUT2D eigenvalue weighted by Crippen LogP contribution is 2.46. The summed E-state index contributed by atoms with van der Waals surface area (Å²) in [5, 5.41) is 0.245. The molecule has 2 aromatic rings. The van der Waals surface area contributed by atoms with E-state index in [0.29, 0.717) is 0 Å². The Balaban J connectivity index is 1.91. The number of alkyl halides is 1. The SMILES string of the molecule is BC(B)(B)c1ccc(C(B)(B)NC(B)(B)C2(F)CC(B)(B)N(C(=O)c3ccc(F)c(Cl)c3)C(B)(B)C2)nc1. The fourth-order valence-corrected chi connectivity index (χ4v) is 6.51. The van der Waals surface area contributed by atoms with Crippen molar-refractivity contribution in [3.63, 3.8) is 0 Å². The lowest BCUT2D eigenvalue weighted by Gasteiger charge is -2.62. The van der Waals surface area contributed by atoms with Gasteiger partial charge in [0.2, 0.25) is 0 Å². The van der Waals surface area contributed by atoms with Crippen LogP contribution >= 0.6 is 11.6 Å². The van der Waals surface area contributed by atoms with E-state index in [4.69, 9.17) is 16.6 Å². The van der Waals surface area contributed by atoms with E-state index >= 15 is 4.39 Å². The summed E-state index contributed by atoms with van der Waals surface area (Å²) in [6.07, 6.45) is 2.14. The molecule has 38 heavy (non-hydrogen) atoms. The van der Waals surface area contributed by atoms with E-state index in [1.807, 2.05) is 75.0 Å². The van der Waals surface area contributed by atoms with Gasteiger partial charge in [-0.3, -0.25) is 9.78 Å². The number of aromatic nitrogens is 1. The maximum absolute atomic E-state index is 17.3. The number of nitrogens with zero attached hydrogens (tertiary/aromatic N) is 2. The Morgan fingerprint density at radius 2 is 1.53 bits per heavy atom. The molecule has 0 atom stereocenters. The molecule has 0 radical (unpaired) electrons. The van der Waals surface area contributed by atoms with Gasteiger partial charge in [0.05, 0.1) is 28.6 Å². The second-order valence-electron chi connectivity index (χ2n) is 14.3. The smallest absolute Gasteiger partial charge is 0.252 e. The lowest BCUT2D eigenvalue weighted by atomic mass is 9.37. The molecule has 1 fully saturated rings. The highest BCUT2D eigenvalue weighted by molar-refractivity contribution is 6.59. The van der Waals surface area contributed by atoms with Crippen molar-refractivity contribution in [2.75, 3.05) is 0 Å². The molecule has 0 saturated carbocycles. The first-order valence-corrected chi connectivity index (χ1v) is 13.7. The van der Waals surface area contributed by atoms with Crippen LogP contribution in [0.5, 0.6) is 0 Å². The number of benzene rings is 1. The fraction of sp³-hybridized carbons (Fsp3) is 0.400. The number of carbonyl (C=O) groups excluding carboxylic acids is 1. The summed E-state index contributed by atoms with van der Waals surface area (Å²) in [5.74, 6) is -0.876. The van der Waals surface area contributed by atoms with E-state index < -0.39 is 32.8 Å². The molecule has 4 nitrogen and oxygen atoms in total. The molecular weight excluding hydrogens is 491 g/mol. The summed E-state index contributed by atoms with van der Waals surface area (Å²) in [4.78, 5) is 20.1. The molecule has 1 saturated heterocycles. The van der Waals surface area contributed by atoms with Crippen LogP contribution in [0.15, 0.2) is 36.5 Å². The van der Waals surface area contributed by atoms with Crippen molar-refractivity contribution in [1.29, 1.82) is 0 Å². The van der Waals surface area contributed by atoms with Crippen LogP contribution in [0.4, 0.5) is 8.78 Å². The molecule has 18 heteroatoms.